The maximum Gasteiger partial charge on any atom is 0.311 e. The number of unbranched alkanes of at least 4 members (excludes halogenated alkanes) is 1. The molecule has 2 atom stereocenters. The lowest BCUT2D eigenvalue weighted by atomic mass is 9.90. The van der Waals surface area contributed by atoms with Crippen LogP contribution < -0.4 is 0 Å². The van der Waals surface area contributed by atoms with Gasteiger partial charge in [0.05, 0.1) is 10.8 Å². The fourth-order valence-electron chi connectivity index (χ4n) is 2.16. The second-order valence-electron chi connectivity index (χ2n) is 8.53. The molecule has 0 aliphatic carbocycles. The molecular weight excluding hydrogens is 292 g/mol. The Labute approximate surface area is 142 Å². The summed E-state index contributed by atoms with van der Waals surface area (Å²) < 4.78 is 11.3. The number of hydrogen-bond donors (Lipinski definition) is 0. The Morgan fingerprint density at radius 1 is 0.826 bits per heavy atom. The summed E-state index contributed by atoms with van der Waals surface area (Å²) in [5, 5.41) is 0. The Kier molecular flexibility index (Phi) is 8.30. The van der Waals surface area contributed by atoms with Gasteiger partial charge in [-0.3, -0.25) is 9.59 Å². The van der Waals surface area contributed by atoms with E-state index in [9.17, 15) is 9.59 Å². The minimum absolute atomic E-state index is 0.00699. The van der Waals surface area contributed by atoms with Gasteiger partial charge in [0.15, 0.2) is 0 Å². The number of esters is 2. The molecule has 23 heavy (non-hydrogen) atoms. The van der Waals surface area contributed by atoms with Crippen molar-refractivity contribution in [3.8, 4) is 0 Å². The zero-order chi connectivity index (χ0) is 18.4. The molecule has 2 unspecified atom stereocenters. The lowest BCUT2D eigenvalue weighted by Gasteiger charge is -2.32. The van der Waals surface area contributed by atoms with Gasteiger partial charge in [0.25, 0.3) is 0 Å². The fourth-order valence-corrected chi connectivity index (χ4v) is 2.16. The zero-order valence-electron chi connectivity index (χ0n) is 16.5. The fraction of sp³-hybridized carbons (Fsp3) is 0.895. The predicted octanol–water partition coefficient (Wildman–Crippen LogP) is 4.75. The van der Waals surface area contributed by atoms with Crippen molar-refractivity contribution >= 4 is 11.9 Å². The molecule has 0 aromatic rings. The van der Waals surface area contributed by atoms with E-state index in [0.717, 1.165) is 19.3 Å². The van der Waals surface area contributed by atoms with Crippen molar-refractivity contribution in [1.29, 1.82) is 0 Å². The second kappa shape index (κ2) is 8.70. The molecule has 0 amide bonds. The molecule has 0 rings (SSSR count). The Morgan fingerprint density at radius 2 is 1.17 bits per heavy atom. The highest BCUT2D eigenvalue weighted by Gasteiger charge is 2.34. The highest BCUT2D eigenvalue weighted by Crippen LogP contribution is 2.27. The molecule has 0 aliphatic rings. The molecule has 0 spiro atoms. The van der Waals surface area contributed by atoms with Crippen LogP contribution in [-0.2, 0) is 19.1 Å². The molecule has 136 valence electrons. The molecule has 0 saturated carbocycles. The van der Waals surface area contributed by atoms with Gasteiger partial charge in [0.1, 0.15) is 12.2 Å². The molecule has 0 radical (unpaired) electrons. The first-order valence-electron chi connectivity index (χ1n) is 8.72. The molecule has 0 heterocycles. The van der Waals surface area contributed by atoms with Crippen LogP contribution in [0.2, 0.25) is 0 Å². The van der Waals surface area contributed by atoms with Crippen LogP contribution in [-0.4, -0.2) is 24.1 Å². The summed E-state index contributed by atoms with van der Waals surface area (Å²) in [4.78, 5) is 24.3. The van der Waals surface area contributed by atoms with E-state index in [1.165, 1.54) is 0 Å². The van der Waals surface area contributed by atoms with Gasteiger partial charge in [0, 0.05) is 5.92 Å². The largest absolute Gasteiger partial charge is 0.462 e. The number of ether oxygens (including phenoxy) is 2. The van der Waals surface area contributed by atoms with E-state index in [1.54, 1.807) is 0 Å². The maximum absolute atomic E-state index is 12.1. The predicted molar refractivity (Wildman–Crippen MR) is 93.0 cm³/mol. The van der Waals surface area contributed by atoms with Crippen LogP contribution in [0.4, 0.5) is 0 Å². The second-order valence-corrected chi connectivity index (χ2v) is 8.53. The molecule has 0 fully saturated rings. The summed E-state index contributed by atoms with van der Waals surface area (Å²) >= 11 is 0. The Balaban J connectivity index is 4.98. The van der Waals surface area contributed by atoms with Crippen LogP contribution in [0, 0.1) is 16.7 Å². The third-order valence-electron chi connectivity index (χ3n) is 3.91. The van der Waals surface area contributed by atoms with Gasteiger partial charge < -0.3 is 9.47 Å². The van der Waals surface area contributed by atoms with Crippen molar-refractivity contribution in [3.63, 3.8) is 0 Å². The third kappa shape index (κ3) is 7.85. The van der Waals surface area contributed by atoms with Crippen molar-refractivity contribution in [2.75, 3.05) is 0 Å². The maximum atomic E-state index is 12.1. The average Bonchev–Trinajstić information content (AvgIpc) is 2.36. The normalized spacial score (nSPS) is 16.4. The van der Waals surface area contributed by atoms with Crippen molar-refractivity contribution in [1.82, 2.24) is 0 Å². The van der Waals surface area contributed by atoms with E-state index in [2.05, 4.69) is 6.92 Å². The molecule has 0 aliphatic heterocycles. The van der Waals surface area contributed by atoms with Gasteiger partial charge in [-0.1, -0.05) is 19.8 Å². The quantitative estimate of drug-likeness (QED) is 0.633. The molecule has 0 N–H and O–H groups in total. The van der Waals surface area contributed by atoms with Crippen molar-refractivity contribution < 1.29 is 19.1 Å². The first-order chi connectivity index (χ1) is 10.3. The molecule has 0 saturated heterocycles. The van der Waals surface area contributed by atoms with Crippen LogP contribution in [0.1, 0.15) is 81.6 Å². The molecular formula is C19H36O4. The summed E-state index contributed by atoms with van der Waals surface area (Å²) in [5.74, 6) is -0.436. The Bertz CT molecular complexity index is 353. The summed E-state index contributed by atoms with van der Waals surface area (Å²) in [5.41, 5.74) is -1.07. The van der Waals surface area contributed by atoms with E-state index in [-0.39, 0.29) is 30.1 Å². The number of carbonyl (C=O) groups excluding carboxylic acids is 2. The monoisotopic (exact) mass is 328 g/mol. The Morgan fingerprint density at radius 3 is 1.43 bits per heavy atom. The first kappa shape index (κ1) is 21.9. The van der Waals surface area contributed by atoms with Gasteiger partial charge in [-0.05, 0) is 61.8 Å². The van der Waals surface area contributed by atoms with Crippen LogP contribution in [0.25, 0.3) is 0 Å². The minimum atomic E-state index is -0.533. The zero-order valence-corrected chi connectivity index (χ0v) is 16.5. The molecule has 0 aromatic carbocycles. The molecule has 0 aromatic heterocycles. The summed E-state index contributed by atoms with van der Waals surface area (Å²) in [7, 11) is 0. The molecule has 0 bridgehead atoms. The van der Waals surface area contributed by atoms with Gasteiger partial charge in [0.2, 0.25) is 0 Å². The summed E-state index contributed by atoms with van der Waals surface area (Å²) in [6.07, 6.45) is 2.37. The van der Waals surface area contributed by atoms with E-state index in [4.69, 9.17) is 9.47 Å². The van der Waals surface area contributed by atoms with Crippen LogP contribution >= 0.6 is 0 Å². The van der Waals surface area contributed by atoms with Gasteiger partial charge >= 0.3 is 11.9 Å². The highest BCUT2D eigenvalue weighted by atomic mass is 16.6. The van der Waals surface area contributed by atoms with Gasteiger partial charge in [-0.2, -0.15) is 0 Å². The smallest absolute Gasteiger partial charge is 0.311 e. The minimum Gasteiger partial charge on any atom is -0.462 e. The van der Waals surface area contributed by atoms with Crippen molar-refractivity contribution in [2.24, 2.45) is 16.7 Å². The number of rotatable bonds is 7. The molecule has 4 heteroatoms. The lowest BCUT2D eigenvalue weighted by molar-refractivity contribution is -0.170. The van der Waals surface area contributed by atoms with Crippen LogP contribution in [0.3, 0.4) is 0 Å². The summed E-state index contributed by atoms with van der Waals surface area (Å²) in [6.45, 7) is 16.9. The van der Waals surface area contributed by atoms with Gasteiger partial charge in [-0.15, -0.1) is 0 Å². The molecule has 4 nitrogen and oxygen atoms in total. The van der Waals surface area contributed by atoms with E-state index >= 15 is 0 Å². The van der Waals surface area contributed by atoms with Crippen molar-refractivity contribution in [2.45, 2.75) is 93.8 Å². The lowest BCUT2D eigenvalue weighted by Crippen LogP contribution is -2.38. The average molecular weight is 328 g/mol. The highest BCUT2D eigenvalue weighted by molar-refractivity contribution is 5.76. The van der Waals surface area contributed by atoms with Gasteiger partial charge in [-0.25, -0.2) is 0 Å². The summed E-state index contributed by atoms with van der Waals surface area (Å²) in [6, 6.07) is 0. The Hall–Kier alpha value is -1.06. The van der Waals surface area contributed by atoms with Crippen molar-refractivity contribution in [3.05, 3.63) is 0 Å². The third-order valence-corrected chi connectivity index (χ3v) is 3.91. The van der Waals surface area contributed by atoms with E-state index in [0.29, 0.717) is 0 Å². The van der Waals surface area contributed by atoms with Crippen LogP contribution in [0.5, 0.6) is 0 Å². The topological polar surface area (TPSA) is 52.6 Å². The van der Waals surface area contributed by atoms with Crippen LogP contribution in [0.15, 0.2) is 0 Å². The van der Waals surface area contributed by atoms with E-state index < -0.39 is 10.8 Å². The standard InChI is InChI=1S/C19H36O4/c1-10-11-12-15(13(2)22-16(20)18(4,5)6)14(3)23-17(21)19(7,8)9/h13-15H,10-12H2,1-9H3. The number of carbonyl (C=O) groups is 2. The first-order valence-corrected chi connectivity index (χ1v) is 8.72. The van der Waals surface area contributed by atoms with E-state index in [1.807, 2.05) is 55.4 Å². The number of hydrogen-bond acceptors (Lipinski definition) is 4. The SMILES string of the molecule is CCCCC(C(C)OC(=O)C(C)(C)C)C(C)OC(=O)C(C)(C)C.